The van der Waals surface area contributed by atoms with Crippen molar-refractivity contribution in [3.63, 3.8) is 0 Å². The zero-order valence-electron chi connectivity index (χ0n) is 11.4. The molecule has 5 heteroatoms. The molecule has 0 fully saturated rings. The number of rotatable bonds is 5. The Labute approximate surface area is 126 Å². The first-order valence-corrected chi connectivity index (χ1v) is 7.42. The van der Waals surface area contributed by atoms with E-state index in [1.54, 1.807) is 18.2 Å². The molecular weight excluding hydrogens is 322 g/mol. The van der Waals surface area contributed by atoms with Gasteiger partial charge in [-0.25, -0.2) is 0 Å². The Hall–Kier alpha value is -1.62. The molecule has 0 unspecified atom stereocenters. The zero-order chi connectivity index (χ0) is 14.8. The maximum absolute atomic E-state index is 11.0. The van der Waals surface area contributed by atoms with Gasteiger partial charge in [0, 0.05) is 22.2 Å². The molecule has 2 aromatic carbocycles. The van der Waals surface area contributed by atoms with Crippen molar-refractivity contribution in [2.45, 2.75) is 13.8 Å². The first kappa shape index (κ1) is 14.8. The summed E-state index contributed by atoms with van der Waals surface area (Å²) in [4.78, 5) is 10.7. The van der Waals surface area contributed by atoms with Gasteiger partial charge in [-0.3, -0.25) is 10.1 Å². The van der Waals surface area contributed by atoms with Crippen LogP contribution in [-0.2, 0) is 0 Å². The predicted molar refractivity (Wildman–Crippen MR) is 83.7 cm³/mol. The number of halogens is 1. The van der Waals surface area contributed by atoms with Gasteiger partial charge in [-0.2, -0.15) is 0 Å². The van der Waals surface area contributed by atoms with Crippen LogP contribution in [0.1, 0.15) is 13.8 Å². The number of nitro groups is 1. The molecule has 0 saturated heterocycles. The summed E-state index contributed by atoms with van der Waals surface area (Å²) in [5.74, 6) is 0.681. The first-order chi connectivity index (χ1) is 9.44. The van der Waals surface area contributed by atoms with Crippen molar-refractivity contribution < 1.29 is 9.66 Å². The summed E-state index contributed by atoms with van der Waals surface area (Å²) in [5, 5.41) is 13.2. The van der Waals surface area contributed by atoms with Crippen LogP contribution in [0.5, 0.6) is 5.75 Å². The van der Waals surface area contributed by atoms with Crippen LogP contribution < -0.4 is 4.74 Å². The van der Waals surface area contributed by atoms with E-state index >= 15 is 0 Å². The molecule has 0 spiro atoms. The van der Waals surface area contributed by atoms with Crippen LogP contribution in [0.2, 0.25) is 0 Å². The second kappa shape index (κ2) is 5.79. The van der Waals surface area contributed by atoms with Crippen LogP contribution in [0.3, 0.4) is 0 Å². The molecule has 0 saturated carbocycles. The summed E-state index contributed by atoms with van der Waals surface area (Å²) in [6, 6.07) is 10.4. The molecule has 0 aliphatic carbocycles. The second-order valence-corrected chi connectivity index (χ2v) is 6.03. The van der Waals surface area contributed by atoms with Crippen LogP contribution in [0.25, 0.3) is 10.8 Å². The molecule has 20 heavy (non-hydrogen) atoms. The fourth-order valence-corrected chi connectivity index (χ4v) is 2.01. The molecule has 0 aromatic heterocycles. The highest BCUT2D eigenvalue weighted by Crippen LogP contribution is 2.33. The Morgan fingerprint density at radius 3 is 2.45 bits per heavy atom. The zero-order valence-corrected chi connectivity index (χ0v) is 13.0. The third-order valence-corrected chi connectivity index (χ3v) is 4.56. The number of nitro benzene ring substituents is 1. The summed E-state index contributed by atoms with van der Waals surface area (Å²) in [6.07, 6.45) is 0. The fourth-order valence-electron chi connectivity index (χ4n) is 1.85. The average molecular weight is 338 g/mol. The smallest absolute Gasteiger partial charge is 0.277 e. The molecular formula is C15H16BrNO3. The number of alkyl halides is 1. The SMILES string of the molecule is CC(C)(CBr)COc1ccc([N+](=O)[O-])c2ccccc12. The van der Waals surface area contributed by atoms with Gasteiger partial charge in [0.05, 0.1) is 16.9 Å². The van der Waals surface area contributed by atoms with Crippen molar-refractivity contribution in [3.8, 4) is 5.75 Å². The van der Waals surface area contributed by atoms with Crippen LogP contribution >= 0.6 is 15.9 Å². The molecule has 2 aromatic rings. The quantitative estimate of drug-likeness (QED) is 0.457. The minimum Gasteiger partial charge on any atom is -0.492 e. The Balaban J connectivity index is 2.41. The largest absolute Gasteiger partial charge is 0.492 e. The lowest BCUT2D eigenvalue weighted by Crippen LogP contribution is -2.22. The monoisotopic (exact) mass is 337 g/mol. The highest BCUT2D eigenvalue weighted by atomic mass is 79.9. The minimum absolute atomic E-state index is 0.00286. The molecule has 0 radical (unpaired) electrons. The van der Waals surface area contributed by atoms with Crippen LogP contribution in [-0.4, -0.2) is 16.9 Å². The van der Waals surface area contributed by atoms with Crippen LogP contribution in [0, 0.1) is 15.5 Å². The van der Waals surface area contributed by atoms with Gasteiger partial charge in [0.15, 0.2) is 0 Å². The fraction of sp³-hybridized carbons (Fsp3) is 0.333. The Bertz CT molecular complexity index is 640. The van der Waals surface area contributed by atoms with Crippen molar-refractivity contribution in [2.75, 3.05) is 11.9 Å². The van der Waals surface area contributed by atoms with Gasteiger partial charge >= 0.3 is 0 Å². The van der Waals surface area contributed by atoms with E-state index in [1.807, 2.05) is 12.1 Å². The normalized spacial score (nSPS) is 11.6. The van der Waals surface area contributed by atoms with Crippen LogP contribution in [0.15, 0.2) is 36.4 Å². The van der Waals surface area contributed by atoms with E-state index in [-0.39, 0.29) is 16.0 Å². The van der Waals surface area contributed by atoms with E-state index in [0.29, 0.717) is 17.7 Å². The van der Waals surface area contributed by atoms with Crippen molar-refractivity contribution in [2.24, 2.45) is 5.41 Å². The highest BCUT2D eigenvalue weighted by Gasteiger charge is 2.19. The van der Waals surface area contributed by atoms with Crippen LogP contribution in [0.4, 0.5) is 5.69 Å². The highest BCUT2D eigenvalue weighted by molar-refractivity contribution is 9.09. The molecule has 0 aliphatic heterocycles. The maximum Gasteiger partial charge on any atom is 0.277 e. The lowest BCUT2D eigenvalue weighted by atomic mass is 9.98. The molecule has 0 aliphatic rings. The third kappa shape index (κ3) is 3.10. The van der Waals surface area contributed by atoms with E-state index in [4.69, 9.17) is 4.74 Å². The summed E-state index contributed by atoms with van der Waals surface area (Å²) in [6.45, 7) is 4.73. The summed E-state index contributed by atoms with van der Waals surface area (Å²) in [7, 11) is 0. The van der Waals surface area contributed by atoms with Gasteiger partial charge < -0.3 is 4.74 Å². The van der Waals surface area contributed by atoms with Gasteiger partial charge in [0.1, 0.15) is 5.75 Å². The Kier molecular flexibility index (Phi) is 4.28. The molecule has 2 rings (SSSR count). The van der Waals surface area contributed by atoms with Gasteiger partial charge in [-0.05, 0) is 12.1 Å². The lowest BCUT2D eigenvalue weighted by molar-refractivity contribution is -0.383. The number of non-ortho nitro benzene ring substituents is 1. The summed E-state index contributed by atoms with van der Waals surface area (Å²) < 4.78 is 5.86. The van der Waals surface area contributed by atoms with Gasteiger partial charge in [-0.1, -0.05) is 48.0 Å². The number of nitrogens with zero attached hydrogens (tertiary/aromatic N) is 1. The van der Waals surface area contributed by atoms with E-state index < -0.39 is 0 Å². The van der Waals surface area contributed by atoms with E-state index in [1.165, 1.54) is 6.07 Å². The first-order valence-electron chi connectivity index (χ1n) is 6.29. The number of benzene rings is 2. The summed E-state index contributed by atoms with van der Waals surface area (Å²) >= 11 is 3.46. The third-order valence-electron chi connectivity index (χ3n) is 3.04. The van der Waals surface area contributed by atoms with Gasteiger partial charge in [0.2, 0.25) is 0 Å². The molecule has 0 N–H and O–H groups in total. The summed E-state index contributed by atoms with van der Waals surface area (Å²) in [5.41, 5.74) is 0.107. The van der Waals surface area contributed by atoms with Crippen molar-refractivity contribution >= 4 is 32.4 Å². The lowest BCUT2D eigenvalue weighted by Gasteiger charge is -2.22. The number of fused-ring (bicyclic) bond motifs is 1. The number of ether oxygens (including phenoxy) is 1. The molecule has 0 amide bonds. The average Bonchev–Trinajstić information content (AvgIpc) is 2.44. The maximum atomic E-state index is 11.0. The van der Waals surface area contributed by atoms with E-state index in [0.717, 1.165) is 10.7 Å². The number of hydrogen-bond donors (Lipinski definition) is 0. The van der Waals surface area contributed by atoms with Crippen molar-refractivity contribution in [1.82, 2.24) is 0 Å². The predicted octanol–water partition coefficient (Wildman–Crippen LogP) is 4.55. The minimum atomic E-state index is -0.367. The Morgan fingerprint density at radius 2 is 1.85 bits per heavy atom. The topological polar surface area (TPSA) is 52.4 Å². The van der Waals surface area contributed by atoms with E-state index in [9.17, 15) is 10.1 Å². The molecule has 106 valence electrons. The van der Waals surface area contributed by atoms with Gasteiger partial charge in [0.25, 0.3) is 5.69 Å². The van der Waals surface area contributed by atoms with Crippen molar-refractivity contribution in [1.29, 1.82) is 0 Å². The van der Waals surface area contributed by atoms with E-state index in [2.05, 4.69) is 29.8 Å². The molecule has 0 heterocycles. The second-order valence-electron chi connectivity index (χ2n) is 5.47. The Morgan fingerprint density at radius 1 is 1.20 bits per heavy atom. The standard InChI is InChI=1S/C15H16BrNO3/c1-15(2,9-16)10-20-14-8-7-13(17(18)19)11-5-3-4-6-12(11)14/h3-8H,9-10H2,1-2H3. The molecule has 0 atom stereocenters. The number of hydrogen-bond acceptors (Lipinski definition) is 3. The van der Waals surface area contributed by atoms with Gasteiger partial charge in [-0.15, -0.1) is 0 Å². The van der Waals surface area contributed by atoms with Crippen molar-refractivity contribution in [3.05, 3.63) is 46.5 Å². The molecule has 4 nitrogen and oxygen atoms in total. The molecule has 0 bridgehead atoms.